The molecule has 0 fully saturated rings. The Morgan fingerprint density at radius 2 is 1.96 bits per heavy atom. The number of aromatic nitrogens is 2. The largest absolute Gasteiger partial charge is 0.493 e. The molecular weight excluding hydrogens is 324 g/mol. The van der Waals surface area contributed by atoms with E-state index in [1.54, 1.807) is 6.92 Å². The van der Waals surface area contributed by atoms with Crippen LogP contribution >= 0.6 is 11.8 Å². The molecule has 24 heavy (non-hydrogen) atoms. The van der Waals surface area contributed by atoms with Gasteiger partial charge in [-0.2, -0.15) is 0 Å². The Kier molecular flexibility index (Phi) is 6.31. The number of carbonyl (C=O) groups is 1. The van der Waals surface area contributed by atoms with E-state index in [-0.39, 0.29) is 11.4 Å². The molecule has 1 N–H and O–H groups in total. The van der Waals surface area contributed by atoms with E-state index in [0.717, 1.165) is 11.5 Å². The maximum Gasteiger partial charge on any atom is 0.356 e. The van der Waals surface area contributed by atoms with Gasteiger partial charge in [-0.05, 0) is 30.0 Å². The summed E-state index contributed by atoms with van der Waals surface area (Å²) in [6, 6.07) is 8.19. The van der Waals surface area contributed by atoms with Crippen LogP contribution in [0.3, 0.4) is 0 Å². The van der Waals surface area contributed by atoms with Crippen molar-refractivity contribution in [1.82, 2.24) is 9.97 Å². The van der Waals surface area contributed by atoms with Crippen LogP contribution in [0.2, 0.25) is 0 Å². The van der Waals surface area contributed by atoms with Crippen LogP contribution in [0.25, 0.3) is 0 Å². The van der Waals surface area contributed by atoms with Crippen LogP contribution in [0.15, 0.2) is 35.6 Å². The monoisotopic (exact) mass is 348 g/mol. The summed E-state index contributed by atoms with van der Waals surface area (Å²) in [4.78, 5) is 18.6. The fourth-order valence-corrected chi connectivity index (χ4v) is 2.71. The molecule has 0 atom stereocenters. The highest BCUT2D eigenvalue weighted by Crippen LogP contribution is 2.24. The molecule has 2 rings (SSSR count). The minimum atomic E-state index is -0.382. The molecule has 0 aliphatic rings. The average Bonchev–Trinajstić information content (AvgIpc) is 3.00. The Morgan fingerprint density at radius 1 is 1.25 bits per heavy atom. The molecule has 0 amide bonds. The number of rotatable bonds is 7. The minimum absolute atomic E-state index is 0.143. The van der Waals surface area contributed by atoms with E-state index in [1.165, 1.54) is 23.5 Å². The van der Waals surface area contributed by atoms with Crippen molar-refractivity contribution in [3.05, 3.63) is 41.7 Å². The molecule has 1 aromatic carbocycles. The van der Waals surface area contributed by atoms with Gasteiger partial charge in [0.05, 0.1) is 19.4 Å². The zero-order valence-corrected chi connectivity index (χ0v) is 15.4. The summed E-state index contributed by atoms with van der Waals surface area (Å²) < 4.78 is 10.6. The molecule has 6 heteroatoms. The van der Waals surface area contributed by atoms with Gasteiger partial charge in [0.1, 0.15) is 11.4 Å². The third-order valence-electron chi connectivity index (χ3n) is 3.36. The summed E-state index contributed by atoms with van der Waals surface area (Å²) in [7, 11) is 0. The maximum absolute atomic E-state index is 11.5. The highest BCUT2D eigenvalue weighted by Gasteiger charge is 2.13. The number of H-pyrrole nitrogens is 1. The number of nitrogens with one attached hydrogen (secondary N) is 1. The molecule has 0 aliphatic heterocycles. The molecule has 0 radical (unpaired) electrons. The van der Waals surface area contributed by atoms with Gasteiger partial charge in [-0.1, -0.05) is 44.7 Å². The van der Waals surface area contributed by atoms with Gasteiger partial charge < -0.3 is 14.5 Å². The summed E-state index contributed by atoms with van der Waals surface area (Å²) in [5.41, 5.74) is 1.80. The fraction of sp³-hybridized carbons (Fsp3) is 0.444. The Morgan fingerprint density at radius 3 is 2.58 bits per heavy atom. The smallest absolute Gasteiger partial charge is 0.356 e. The Labute approximate surface area is 147 Å². The second-order valence-corrected chi connectivity index (χ2v) is 7.38. The molecular formula is C18H24N2O3S. The van der Waals surface area contributed by atoms with E-state index in [0.29, 0.717) is 24.1 Å². The SMILES string of the molecule is CCOC(=O)c1cnc(SCCOc2ccc(C(C)(C)C)cc2)[nH]1. The number of thioether (sulfide) groups is 1. The van der Waals surface area contributed by atoms with Crippen molar-refractivity contribution in [3.8, 4) is 5.75 Å². The van der Waals surface area contributed by atoms with Gasteiger partial charge in [0, 0.05) is 5.75 Å². The summed E-state index contributed by atoms with van der Waals surface area (Å²) in [5, 5.41) is 0.685. The number of carbonyl (C=O) groups excluding carboxylic acids is 1. The summed E-state index contributed by atoms with van der Waals surface area (Å²) in [6.45, 7) is 9.25. The van der Waals surface area contributed by atoms with Gasteiger partial charge in [-0.25, -0.2) is 9.78 Å². The number of benzene rings is 1. The molecule has 0 saturated heterocycles. The predicted molar refractivity (Wildman–Crippen MR) is 95.9 cm³/mol. The number of nitrogens with zero attached hydrogens (tertiary/aromatic N) is 1. The number of imidazole rings is 1. The molecule has 1 aromatic heterocycles. The van der Waals surface area contributed by atoms with Crippen LogP contribution in [0.1, 0.15) is 43.7 Å². The number of hydrogen-bond acceptors (Lipinski definition) is 5. The molecule has 0 bridgehead atoms. The molecule has 0 aliphatic carbocycles. The third-order valence-corrected chi connectivity index (χ3v) is 4.21. The van der Waals surface area contributed by atoms with Gasteiger partial charge in [0.15, 0.2) is 5.16 Å². The van der Waals surface area contributed by atoms with Crippen LogP contribution < -0.4 is 4.74 Å². The van der Waals surface area contributed by atoms with E-state index in [2.05, 4.69) is 42.9 Å². The van der Waals surface area contributed by atoms with Crippen molar-refractivity contribution in [2.45, 2.75) is 38.3 Å². The van der Waals surface area contributed by atoms with Gasteiger partial charge in [0.25, 0.3) is 0 Å². The van der Waals surface area contributed by atoms with Crippen molar-refractivity contribution < 1.29 is 14.3 Å². The molecule has 130 valence electrons. The van der Waals surface area contributed by atoms with Gasteiger partial charge in [-0.15, -0.1) is 0 Å². The van der Waals surface area contributed by atoms with Crippen LogP contribution in [-0.4, -0.2) is 34.9 Å². The van der Waals surface area contributed by atoms with Crippen LogP contribution in [0.5, 0.6) is 5.75 Å². The maximum atomic E-state index is 11.5. The first kappa shape index (κ1) is 18.4. The van der Waals surface area contributed by atoms with Crippen molar-refractivity contribution in [1.29, 1.82) is 0 Å². The average molecular weight is 348 g/mol. The van der Waals surface area contributed by atoms with Crippen LogP contribution in [0.4, 0.5) is 0 Å². The van der Waals surface area contributed by atoms with E-state index < -0.39 is 0 Å². The van der Waals surface area contributed by atoms with Crippen molar-refractivity contribution in [3.63, 3.8) is 0 Å². The standard InChI is InChI=1S/C18H24N2O3S/c1-5-22-16(21)15-12-19-17(20-15)24-11-10-23-14-8-6-13(7-9-14)18(2,3)4/h6-9,12H,5,10-11H2,1-4H3,(H,19,20). The number of esters is 1. The summed E-state index contributed by atoms with van der Waals surface area (Å²) >= 11 is 1.50. The van der Waals surface area contributed by atoms with E-state index in [9.17, 15) is 4.79 Å². The molecule has 0 spiro atoms. The molecule has 2 aromatic rings. The molecule has 0 unspecified atom stereocenters. The first-order valence-electron chi connectivity index (χ1n) is 7.98. The second-order valence-electron chi connectivity index (χ2n) is 6.29. The lowest BCUT2D eigenvalue weighted by atomic mass is 9.87. The quantitative estimate of drug-likeness (QED) is 0.464. The second kappa shape index (κ2) is 8.24. The van der Waals surface area contributed by atoms with Gasteiger partial charge in [-0.3, -0.25) is 0 Å². The van der Waals surface area contributed by atoms with Crippen LogP contribution in [0, 0.1) is 0 Å². The highest BCUT2D eigenvalue weighted by molar-refractivity contribution is 7.99. The number of hydrogen-bond donors (Lipinski definition) is 1. The zero-order chi connectivity index (χ0) is 17.6. The molecule has 1 heterocycles. The van der Waals surface area contributed by atoms with Gasteiger partial charge in [0.2, 0.25) is 0 Å². The molecule has 5 nitrogen and oxygen atoms in total. The fourth-order valence-electron chi connectivity index (χ4n) is 2.04. The summed E-state index contributed by atoms with van der Waals surface area (Å²) in [5.74, 6) is 1.21. The predicted octanol–water partition coefficient (Wildman–Crippen LogP) is 4.06. The Balaban J connectivity index is 1.76. The third kappa shape index (κ3) is 5.30. The lowest BCUT2D eigenvalue weighted by Gasteiger charge is -2.19. The van der Waals surface area contributed by atoms with Crippen LogP contribution in [-0.2, 0) is 10.2 Å². The molecule has 0 saturated carbocycles. The van der Waals surface area contributed by atoms with Gasteiger partial charge >= 0.3 is 5.97 Å². The zero-order valence-electron chi connectivity index (χ0n) is 14.6. The normalized spacial score (nSPS) is 11.3. The van der Waals surface area contributed by atoms with E-state index >= 15 is 0 Å². The van der Waals surface area contributed by atoms with Crippen molar-refractivity contribution in [2.24, 2.45) is 0 Å². The highest BCUT2D eigenvalue weighted by atomic mass is 32.2. The number of ether oxygens (including phenoxy) is 2. The number of aromatic amines is 1. The first-order chi connectivity index (χ1) is 11.4. The minimum Gasteiger partial charge on any atom is -0.493 e. The summed E-state index contributed by atoms with van der Waals surface area (Å²) in [6.07, 6.45) is 1.49. The topological polar surface area (TPSA) is 64.2 Å². The van der Waals surface area contributed by atoms with Crippen molar-refractivity contribution >= 4 is 17.7 Å². The van der Waals surface area contributed by atoms with E-state index in [1.807, 2.05) is 12.1 Å². The lowest BCUT2D eigenvalue weighted by molar-refractivity contribution is 0.0519. The lowest BCUT2D eigenvalue weighted by Crippen LogP contribution is -2.10. The Bertz CT molecular complexity index is 660. The van der Waals surface area contributed by atoms with Crippen molar-refractivity contribution in [2.75, 3.05) is 19.0 Å². The Hall–Kier alpha value is -1.95. The first-order valence-corrected chi connectivity index (χ1v) is 8.97. The van der Waals surface area contributed by atoms with E-state index in [4.69, 9.17) is 9.47 Å².